The normalized spacial score (nSPS) is 13.5. The van der Waals surface area contributed by atoms with Gasteiger partial charge in [0.2, 0.25) is 5.89 Å². The first-order chi connectivity index (χ1) is 6.65. The van der Waals surface area contributed by atoms with E-state index in [1.54, 1.807) is 0 Å². The molecule has 0 amide bonds. The van der Waals surface area contributed by atoms with E-state index >= 15 is 0 Å². The van der Waals surface area contributed by atoms with Crippen LogP contribution >= 0.6 is 0 Å². The van der Waals surface area contributed by atoms with Gasteiger partial charge >= 0.3 is 0 Å². The lowest BCUT2D eigenvalue weighted by Gasteiger charge is -2.03. The van der Waals surface area contributed by atoms with Crippen LogP contribution in [0.1, 0.15) is 63.7 Å². The topological polar surface area (TPSA) is 64.9 Å². The molecule has 1 rings (SSSR count). The molecule has 0 aromatic carbocycles. The third-order valence-corrected chi connectivity index (χ3v) is 2.16. The minimum atomic E-state index is -0.102. The van der Waals surface area contributed by atoms with E-state index in [-0.39, 0.29) is 6.04 Å². The van der Waals surface area contributed by atoms with Gasteiger partial charge < -0.3 is 10.3 Å². The van der Waals surface area contributed by atoms with E-state index in [0.29, 0.717) is 11.8 Å². The highest BCUT2D eigenvalue weighted by Gasteiger charge is 2.15. The van der Waals surface area contributed by atoms with Crippen LogP contribution in [0.3, 0.4) is 0 Å². The van der Waals surface area contributed by atoms with Crippen molar-refractivity contribution in [3.63, 3.8) is 0 Å². The van der Waals surface area contributed by atoms with Crippen molar-refractivity contribution in [2.24, 2.45) is 5.73 Å². The second-order valence-electron chi connectivity index (χ2n) is 3.89. The van der Waals surface area contributed by atoms with E-state index in [2.05, 4.69) is 17.1 Å². The van der Waals surface area contributed by atoms with Gasteiger partial charge in [-0.1, -0.05) is 38.8 Å². The second-order valence-corrected chi connectivity index (χ2v) is 3.89. The first kappa shape index (κ1) is 11.2. The number of aromatic nitrogens is 2. The Balaban J connectivity index is 2.57. The molecule has 0 unspecified atom stereocenters. The van der Waals surface area contributed by atoms with Crippen LogP contribution < -0.4 is 5.73 Å². The van der Waals surface area contributed by atoms with E-state index in [1.807, 2.05) is 13.8 Å². The predicted octanol–water partition coefficient (Wildman–Crippen LogP) is 2.38. The van der Waals surface area contributed by atoms with Gasteiger partial charge in [0.05, 0.1) is 6.04 Å². The summed E-state index contributed by atoms with van der Waals surface area (Å²) in [4.78, 5) is 4.26. The molecule has 0 aliphatic carbocycles. The zero-order valence-electron chi connectivity index (χ0n) is 9.16. The third-order valence-electron chi connectivity index (χ3n) is 2.16. The van der Waals surface area contributed by atoms with Gasteiger partial charge in [-0.15, -0.1) is 0 Å². The van der Waals surface area contributed by atoms with Gasteiger partial charge in [0.1, 0.15) is 0 Å². The summed E-state index contributed by atoms with van der Waals surface area (Å²) in [7, 11) is 0. The van der Waals surface area contributed by atoms with Crippen LogP contribution in [0.25, 0.3) is 0 Å². The highest BCUT2D eigenvalue weighted by molar-refractivity contribution is 4.95. The van der Waals surface area contributed by atoms with Gasteiger partial charge in [0, 0.05) is 5.92 Å². The van der Waals surface area contributed by atoms with Crippen molar-refractivity contribution in [2.45, 2.75) is 52.0 Å². The van der Waals surface area contributed by atoms with Crippen molar-refractivity contribution in [3.05, 3.63) is 11.7 Å². The van der Waals surface area contributed by atoms with Gasteiger partial charge in [-0.05, 0) is 6.42 Å². The van der Waals surface area contributed by atoms with Gasteiger partial charge in [0.15, 0.2) is 5.82 Å². The fourth-order valence-electron chi connectivity index (χ4n) is 1.18. The van der Waals surface area contributed by atoms with Crippen LogP contribution in [-0.4, -0.2) is 10.1 Å². The number of nitrogens with zero attached hydrogens (tertiary/aromatic N) is 2. The lowest BCUT2D eigenvalue weighted by Crippen LogP contribution is -2.10. The zero-order valence-corrected chi connectivity index (χ0v) is 9.16. The molecule has 2 N–H and O–H groups in total. The molecular weight excluding hydrogens is 178 g/mol. The second kappa shape index (κ2) is 5.10. The molecule has 4 heteroatoms. The summed E-state index contributed by atoms with van der Waals surface area (Å²) in [6.07, 6.45) is 3.15. The Morgan fingerprint density at radius 2 is 2.14 bits per heavy atom. The van der Waals surface area contributed by atoms with E-state index in [4.69, 9.17) is 10.3 Å². The maximum absolute atomic E-state index is 5.90. The molecule has 0 bridgehead atoms. The van der Waals surface area contributed by atoms with Gasteiger partial charge in [0.25, 0.3) is 0 Å². The lowest BCUT2D eigenvalue weighted by molar-refractivity contribution is 0.341. The monoisotopic (exact) mass is 197 g/mol. The average molecular weight is 197 g/mol. The molecule has 0 saturated carbocycles. The highest BCUT2D eigenvalue weighted by Crippen LogP contribution is 2.17. The molecule has 0 saturated heterocycles. The summed E-state index contributed by atoms with van der Waals surface area (Å²) in [5, 5.41) is 3.88. The Hall–Kier alpha value is -0.900. The van der Waals surface area contributed by atoms with Crippen molar-refractivity contribution in [3.8, 4) is 0 Å². The predicted molar refractivity (Wildman–Crippen MR) is 54.8 cm³/mol. The molecule has 1 atom stereocenters. The molecule has 1 heterocycles. The SMILES string of the molecule is CCCC[C@H](N)c1nc(C(C)C)no1. The average Bonchev–Trinajstić information content (AvgIpc) is 2.62. The largest absolute Gasteiger partial charge is 0.338 e. The summed E-state index contributed by atoms with van der Waals surface area (Å²) in [6, 6.07) is -0.102. The fourth-order valence-corrected chi connectivity index (χ4v) is 1.18. The molecule has 0 radical (unpaired) electrons. The quantitative estimate of drug-likeness (QED) is 0.787. The van der Waals surface area contributed by atoms with E-state index < -0.39 is 0 Å². The van der Waals surface area contributed by atoms with Gasteiger partial charge in [-0.25, -0.2) is 0 Å². The molecule has 4 nitrogen and oxygen atoms in total. The number of nitrogens with two attached hydrogens (primary N) is 1. The van der Waals surface area contributed by atoms with Gasteiger partial charge in [-0.2, -0.15) is 4.98 Å². The van der Waals surface area contributed by atoms with Crippen molar-refractivity contribution in [1.29, 1.82) is 0 Å². The number of unbranched alkanes of at least 4 members (excludes halogenated alkanes) is 1. The number of hydrogen-bond acceptors (Lipinski definition) is 4. The van der Waals surface area contributed by atoms with Crippen molar-refractivity contribution < 1.29 is 4.52 Å². The lowest BCUT2D eigenvalue weighted by atomic mass is 10.1. The van der Waals surface area contributed by atoms with Crippen molar-refractivity contribution in [1.82, 2.24) is 10.1 Å². The maximum Gasteiger partial charge on any atom is 0.243 e. The summed E-state index contributed by atoms with van der Waals surface area (Å²) in [5.74, 6) is 1.61. The molecule has 0 aliphatic rings. The molecule has 14 heavy (non-hydrogen) atoms. The maximum atomic E-state index is 5.90. The molecular formula is C10H19N3O. The molecule has 0 fully saturated rings. The molecule has 1 aromatic heterocycles. The first-order valence-electron chi connectivity index (χ1n) is 5.24. The van der Waals surface area contributed by atoms with Crippen LogP contribution in [-0.2, 0) is 0 Å². The number of hydrogen-bond donors (Lipinski definition) is 1. The summed E-state index contributed by atoms with van der Waals surface area (Å²) >= 11 is 0. The number of rotatable bonds is 5. The Labute approximate surface area is 84.9 Å². The van der Waals surface area contributed by atoms with Crippen LogP contribution in [0, 0.1) is 0 Å². The van der Waals surface area contributed by atoms with Crippen LogP contribution in [0.15, 0.2) is 4.52 Å². The van der Waals surface area contributed by atoms with Crippen molar-refractivity contribution in [2.75, 3.05) is 0 Å². The third kappa shape index (κ3) is 2.80. The van der Waals surface area contributed by atoms with Crippen LogP contribution in [0.5, 0.6) is 0 Å². The molecule has 1 aromatic rings. The summed E-state index contributed by atoms with van der Waals surface area (Å²) < 4.78 is 5.10. The van der Waals surface area contributed by atoms with E-state index in [9.17, 15) is 0 Å². The van der Waals surface area contributed by atoms with Gasteiger partial charge in [-0.3, -0.25) is 0 Å². The zero-order chi connectivity index (χ0) is 10.6. The van der Waals surface area contributed by atoms with E-state index in [1.165, 1.54) is 0 Å². The fraction of sp³-hybridized carbons (Fsp3) is 0.800. The smallest absolute Gasteiger partial charge is 0.243 e. The van der Waals surface area contributed by atoms with E-state index in [0.717, 1.165) is 25.1 Å². The summed E-state index contributed by atoms with van der Waals surface area (Å²) in [5.41, 5.74) is 5.90. The Morgan fingerprint density at radius 1 is 1.43 bits per heavy atom. The Kier molecular flexibility index (Phi) is 4.07. The molecule has 80 valence electrons. The Morgan fingerprint density at radius 3 is 2.64 bits per heavy atom. The standard InChI is InChI=1S/C10H19N3O/c1-4-5-6-8(11)10-12-9(7(2)3)13-14-10/h7-8H,4-6,11H2,1-3H3/t8-/m0/s1. The summed E-state index contributed by atoms with van der Waals surface area (Å²) in [6.45, 7) is 6.21. The minimum absolute atomic E-state index is 0.102. The van der Waals surface area contributed by atoms with Crippen LogP contribution in [0.4, 0.5) is 0 Å². The van der Waals surface area contributed by atoms with Crippen molar-refractivity contribution >= 4 is 0 Å². The molecule has 0 aliphatic heterocycles. The molecule has 0 spiro atoms. The minimum Gasteiger partial charge on any atom is -0.338 e. The first-order valence-corrected chi connectivity index (χ1v) is 5.24. The van der Waals surface area contributed by atoms with Crippen LogP contribution in [0.2, 0.25) is 0 Å². The Bertz CT molecular complexity index is 270. The highest BCUT2D eigenvalue weighted by atomic mass is 16.5.